The first-order valence-corrected chi connectivity index (χ1v) is 6.53. The van der Waals surface area contributed by atoms with Crippen molar-refractivity contribution in [1.29, 1.82) is 0 Å². The molecular formula is C16H16N2O2. The Kier molecular flexibility index (Phi) is 2.57. The van der Waals surface area contributed by atoms with E-state index in [0.29, 0.717) is 22.5 Å². The number of hydrogen-bond acceptors (Lipinski definition) is 3. The summed E-state index contributed by atoms with van der Waals surface area (Å²) in [4.78, 5) is 19.8. The zero-order valence-electron chi connectivity index (χ0n) is 12.0. The summed E-state index contributed by atoms with van der Waals surface area (Å²) >= 11 is 0. The zero-order valence-corrected chi connectivity index (χ0v) is 12.0. The van der Waals surface area contributed by atoms with Crippen molar-refractivity contribution in [3.05, 3.63) is 51.7 Å². The number of nitrogens with one attached hydrogen (secondary N) is 1. The minimum atomic E-state index is -0.145. The second-order valence-corrected chi connectivity index (χ2v) is 5.37. The molecule has 1 aliphatic heterocycles. The van der Waals surface area contributed by atoms with E-state index in [0.717, 1.165) is 22.5 Å². The average Bonchev–Trinajstić information content (AvgIpc) is 2.83. The van der Waals surface area contributed by atoms with Crippen LogP contribution in [0.15, 0.2) is 39.7 Å². The molecule has 1 aromatic rings. The number of aliphatic hydroxyl groups excluding tert-OH is 1. The lowest BCUT2D eigenvalue weighted by molar-refractivity contribution is -0.111. The smallest absolute Gasteiger partial charge is 0.204 e. The van der Waals surface area contributed by atoms with E-state index in [9.17, 15) is 9.90 Å². The van der Waals surface area contributed by atoms with Crippen LogP contribution in [0, 0.1) is 13.8 Å². The van der Waals surface area contributed by atoms with Gasteiger partial charge in [0.1, 0.15) is 5.76 Å². The van der Waals surface area contributed by atoms with E-state index in [4.69, 9.17) is 0 Å². The number of carbonyl (C=O) groups is 1. The van der Waals surface area contributed by atoms with Gasteiger partial charge in [-0.05, 0) is 51.0 Å². The molecule has 2 heterocycles. The standard InChI is InChI=1S/C16H16N2O2/c1-7-5-9(3)17-13(7)11-15(19)12(16(11)20)14-8(2)6-10(4)18-14/h5-6,17,19H,1-4H3/b14-12+. The monoisotopic (exact) mass is 268 g/mol. The molecule has 20 heavy (non-hydrogen) atoms. The van der Waals surface area contributed by atoms with E-state index in [1.807, 2.05) is 39.8 Å². The van der Waals surface area contributed by atoms with Gasteiger partial charge in [-0.3, -0.25) is 9.79 Å². The Morgan fingerprint density at radius 1 is 1.15 bits per heavy atom. The van der Waals surface area contributed by atoms with E-state index >= 15 is 0 Å². The highest BCUT2D eigenvalue weighted by Crippen LogP contribution is 2.41. The quantitative estimate of drug-likeness (QED) is 0.768. The van der Waals surface area contributed by atoms with E-state index in [1.165, 1.54) is 0 Å². The van der Waals surface area contributed by atoms with Gasteiger partial charge >= 0.3 is 0 Å². The molecule has 2 aliphatic rings. The van der Waals surface area contributed by atoms with Crippen molar-refractivity contribution in [2.75, 3.05) is 0 Å². The highest BCUT2D eigenvalue weighted by atomic mass is 16.3. The van der Waals surface area contributed by atoms with Crippen molar-refractivity contribution in [3.8, 4) is 0 Å². The normalized spacial score (nSPS) is 22.1. The number of carbonyl (C=O) groups excluding carboxylic acids is 1. The third-order valence-corrected chi connectivity index (χ3v) is 3.65. The van der Waals surface area contributed by atoms with Crippen molar-refractivity contribution < 1.29 is 9.90 Å². The van der Waals surface area contributed by atoms with Crippen molar-refractivity contribution in [3.63, 3.8) is 0 Å². The number of aromatic amines is 1. The Morgan fingerprint density at radius 3 is 2.30 bits per heavy atom. The van der Waals surface area contributed by atoms with Crippen LogP contribution in [0.5, 0.6) is 0 Å². The number of aliphatic hydroxyl groups is 1. The maximum atomic E-state index is 12.4. The average molecular weight is 268 g/mol. The number of aliphatic imine (C=N–C) groups is 1. The zero-order chi connectivity index (χ0) is 14.6. The maximum Gasteiger partial charge on any atom is 0.204 e. The Morgan fingerprint density at radius 2 is 1.85 bits per heavy atom. The molecule has 0 bridgehead atoms. The highest BCUT2D eigenvalue weighted by molar-refractivity contribution is 6.39. The molecule has 102 valence electrons. The molecule has 0 saturated carbocycles. The molecule has 0 amide bonds. The summed E-state index contributed by atoms with van der Waals surface area (Å²) in [5.74, 6) is -0.102. The van der Waals surface area contributed by atoms with Gasteiger partial charge in [0.2, 0.25) is 5.78 Å². The number of Topliss-reactive ketones (excluding diaryl/α,β-unsaturated/α-hetero) is 1. The molecule has 1 aliphatic carbocycles. The van der Waals surface area contributed by atoms with Gasteiger partial charge in [-0.1, -0.05) is 0 Å². The van der Waals surface area contributed by atoms with Gasteiger partial charge in [0.15, 0.2) is 0 Å². The lowest BCUT2D eigenvalue weighted by Crippen LogP contribution is -2.23. The predicted molar refractivity (Wildman–Crippen MR) is 78.7 cm³/mol. The van der Waals surface area contributed by atoms with E-state index in [1.54, 1.807) is 0 Å². The molecule has 4 heteroatoms. The number of H-pyrrole nitrogens is 1. The summed E-state index contributed by atoms with van der Waals surface area (Å²) in [5.41, 5.74) is 5.69. The third kappa shape index (κ3) is 1.61. The van der Waals surface area contributed by atoms with Gasteiger partial charge in [0.25, 0.3) is 0 Å². The third-order valence-electron chi connectivity index (χ3n) is 3.65. The van der Waals surface area contributed by atoms with Crippen molar-refractivity contribution in [2.24, 2.45) is 4.99 Å². The van der Waals surface area contributed by atoms with Gasteiger partial charge < -0.3 is 10.1 Å². The van der Waals surface area contributed by atoms with E-state index in [2.05, 4.69) is 9.98 Å². The molecule has 0 atom stereocenters. The number of hydrogen-bond donors (Lipinski definition) is 2. The summed E-state index contributed by atoms with van der Waals surface area (Å²) in [6.07, 6.45) is 1.91. The SMILES string of the molecule is CC1=CC(C)=N/C1=C1/C(=O)C(c2[nH]c(C)cc2C)=C1O. The number of aromatic nitrogens is 1. The lowest BCUT2D eigenvalue weighted by atomic mass is 9.83. The van der Waals surface area contributed by atoms with Crippen LogP contribution in [0.25, 0.3) is 5.57 Å². The Hall–Kier alpha value is -2.36. The van der Waals surface area contributed by atoms with Crippen LogP contribution in [0.4, 0.5) is 0 Å². The van der Waals surface area contributed by atoms with Gasteiger partial charge in [0.05, 0.1) is 22.5 Å². The Bertz CT molecular complexity index is 770. The summed E-state index contributed by atoms with van der Waals surface area (Å²) < 4.78 is 0. The van der Waals surface area contributed by atoms with Crippen LogP contribution in [0.3, 0.4) is 0 Å². The van der Waals surface area contributed by atoms with Gasteiger partial charge in [0, 0.05) is 11.4 Å². The summed E-state index contributed by atoms with van der Waals surface area (Å²) in [6.45, 7) is 7.61. The molecule has 0 spiro atoms. The van der Waals surface area contributed by atoms with Gasteiger partial charge in [-0.15, -0.1) is 0 Å². The number of nitrogens with zero attached hydrogens (tertiary/aromatic N) is 1. The van der Waals surface area contributed by atoms with Crippen molar-refractivity contribution >= 4 is 17.1 Å². The summed E-state index contributed by atoms with van der Waals surface area (Å²) in [5, 5.41) is 10.3. The molecule has 0 fully saturated rings. The van der Waals surface area contributed by atoms with E-state index in [-0.39, 0.29) is 11.5 Å². The molecule has 0 unspecified atom stereocenters. The van der Waals surface area contributed by atoms with Gasteiger partial charge in [-0.25, -0.2) is 0 Å². The highest BCUT2D eigenvalue weighted by Gasteiger charge is 2.39. The molecule has 0 radical (unpaired) electrons. The van der Waals surface area contributed by atoms with Crippen LogP contribution < -0.4 is 0 Å². The molecule has 2 N–H and O–H groups in total. The molecule has 0 saturated heterocycles. The fraction of sp³-hybridized carbons (Fsp3) is 0.250. The summed E-state index contributed by atoms with van der Waals surface area (Å²) in [7, 11) is 0. The van der Waals surface area contributed by atoms with Crippen LogP contribution in [0.2, 0.25) is 0 Å². The fourth-order valence-corrected chi connectivity index (χ4v) is 2.77. The maximum absolute atomic E-state index is 12.4. The first kappa shape index (κ1) is 12.7. The number of rotatable bonds is 1. The Labute approximate surface area is 117 Å². The Balaban J connectivity index is 2.15. The second-order valence-electron chi connectivity index (χ2n) is 5.37. The first-order chi connectivity index (χ1) is 9.40. The molecular weight excluding hydrogens is 252 g/mol. The molecule has 0 aromatic carbocycles. The minimum absolute atomic E-state index is 0.0427. The summed E-state index contributed by atoms with van der Waals surface area (Å²) in [6, 6.07) is 1.96. The van der Waals surface area contributed by atoms with Gasteiger partial charge in [-0.2, -0.15) is 0 Å². The minimum Gasteiger partial charge on any atom is -0.506 e. The van der Waals surface area contributed by atoms with Crippen molar-refractivity contribution in [1.82, 2.24) is 4.98 Å². The second kappa shape index (κ2) is 4.07. The largest absolute Gasteiger partial charge is 0.506 e. The number of ketones is 1. The first-order valence-electron chi connectivity index (χ1n) is 6.53. The molecule has 1 aromatic heterocycles. The van der Waals surface area contributed by atoms with Crippen LogP contribution in [-0.2, 0) is 4.79 Å². The van der Waals surface area contributed by atoms with Crippen molar-refractivity contribution in [2.45, 2.75) is 27.7 Å². The van der Waals surface area contributed by atoms with Crippen LogP contribution >= 0.6 is 0 Å². The topological polar surface area (TPSA) is 65.5 Å². The number of allylic oxidation sites excluding steroid dienone is 4. The van der Waals surface area contributed by atoms with E-state index < -0.39 is 0 Å². The molecule has 4 nitrogen and oxygen atoms in total. The lowest BCUT2D eigenvalue weighted by Gasteiger charge is -2.22. The fourth-order valence-electron chi connectivity index (χ4n) is 2.77. The predicted octanol–water partition coefficient (Wildman–Crippen LogP) is 3.16. The van der Waals surface area contributed by atoms with Crippen LogP contribution in [-0.4, -0.2) is 21.6 Å². The number of aryl methyl sites for hydroxylation is 2. The van der Waals surface area contributed by atoms with Crippen LogP contribution in [0.1, 0.15) is 30.8 Å². The molecule has 3 rings (SSSR count).